The fourth-order valence-corrected chi connectivity index (χ4v) is 2.59. The molecule has 106 valence electrons. The number of rotatable bonds is 1. The van der Waals surface area contributed by atoms with Gasteiger partial charge in [0.2, 0.25) is 0 Å². The van der Waals surface area contributed by atoms with E-state index in [4.69, 9.17) is 5.73 Å². The Balaban J connectivity index is 2.40. The van der Waals surface area contributed by atoms with Crippen LogP contribution in [0.5, 0.6) is 0 Å². The Morgan fingerprint density at radius 2 is 2.00 bits per heavy atom. The number of nitrogens with two attached hydrogens (primary N) is 1. The van der Waals surface area contributed by atoms with Crippen molar-refractivity contribution in [1.29, 1.82) is 0 Å². The Labute approximate surface area is 108 Å². The maximum absolute atomic E-state index is 13.2. The van der Waals surface area contributed by atoms with Gasteiger partial charge in [0.1, 0.15) is 5.82 Å². The highest BCUT2D eigenvalue weighted by atomic mass is 19.4. The van der Waals surface area contributed by atoms with E-state index < -0.39 is 23.2 Å². The second-order valence-corrected chi connectivity index (χ2v) is 5.08. The summed E-state index contributed by atoms with van der Waals surface area (Å²) in [6.45, 7) is 0. The molecule has 2 atom stereocenters. The van der Waals surface area contributed by atoms with Gasteiger partial charge in [0, 0.05) is 6.04 Å². The molecule has 1 aromatic rings. The van der Waals surface area contributed by atoms with Crippen molar-refractivity contribution in [1.82, 2.24) is 0 Å². The lowest BCUT2D eigenvalue weighted by Crippen LogP contribution is -2.39. The van der Waals surface area contributed by atoms with Gasteiger partial charge in [-0.3, -0.25) is 0 Å². The van der Waals surface area contributed by atoms with Crippen LogP contribution in [0, 0.1) is 5.82 Å². The van der Waals surface area contributed by atoms with Crippen LogP contribution < -0.4 is 5.73 Å². The lowest BCUT2D eigenvalue weighted by atomic mass is 9.77. The van der Waals surface area contributed by atoms with Gasteiger partial charge < -0.3 is 10.8 Å². The van der Waals surface area contributed by atoms with Gasteiger partial charge in [-0.05, 0) is 43.4 Å². The second-order valence-electron chi connectivity index (χ2n) is 5.08. The van der Waals surface area contributed by atoms with E-state index in [2.05, 4.69) is 0 Å². The number of alkyl halides is 3. The van der Waals surface area contributed by atoms with Crippen LogP contribution in [0.25, 0.3) is 0 Å². The third kappa shape index (κ3) is 2.90. The predicted octanol–water partition coefficient (Wildman–Crippen LogP) is 2.93. The number of benzene rings is 1. The highest BCUT2D eigenvalue weighted by Gasteiger charge is 2.39. The number of aliphatic hydroxyl groups is 1. The molecule has 0 spiro atoms. The van der Waals surface area contributed by atoms with Crippen molar-refractivity contribution in [2.24, 2.45) is 5.73 Å². The van der Waals surface area contributed by atoms with E-state index in [1.54, 1.807) is 0 Å². The Kier molecular flexibility index (Phi) is 3.57. The van der Waals surface area contributed by atoms with Crippen molar-refractivity contribution in [3.63, 3.8) is 0 Å². The van der Waals surface area contributed by atoms with Crippen LogP contribution >= 0.6 is 0 Å². The van der Waals surface area contributed by atoms with Gasteiger partial charge in [0.05, 0.1) is 11.2 Å². The van der Waals surface area contributed by atoms with Gasteiger partial charge in [-0.15, -0.1) is 0 Å². The second kappa shape index (κ2) is 4.76. The van der Waals surface area contributed by atoms with Gasteiger partial charge in [-0.2, -0.15) is 13.2 Å². The van der Waals surface area contributed by atoms with Crippen LogP contribution in [0.2, 0.25) is 0 Å². The largest absolute Gasteiger partial charge is 0.419 e. The number of hydrogen-bond acceptors (Lipinski definition) is 2. The molecule has 0 radical (unpaired) electrons. The van der Waals surface area contributed by atoms with Crippen LogP contribution in [0.15, 0.2) is 18.2 Å². The van der Waals surface area contributed by atoms with Crippen molar-refractivity contribution < 1.29 is 22.7 Å². The summed E-state index contributed by atoms with van der Waals surface area (Å²) in [5, 5.41) is 10.4. The Morgan fingerprint density at radius 3 is 2.58 bits per heavy atom. The zero-order chi connectivity index (χ0) is 14.3. The fraction of sp³-hybridized carbons (Fsp3) is 0.538. The van der Waals surface area contributed by atoms with E-state index in [1.165, 1.54) is 6.07 Å². The number of hydrogen-bond donors (Lipinski definition) is 2. The minimum atomic E-state index is -4.77. The zero-order valence-corrected chi connectivity index (χ0v) is 10.2. The molecule has 2 rings (SSSR count). The third-order valence-electron chi connectivity index (χ3n) is 3.57. The molecule has 0 saturated heterocycles. The molecule has 1 aliphatic rings. The summed E-state index contributed by atoms with van der Waals surface area (Å²) in [7, 11) is 0. The molecule has 1 aromatic carbocycles. The van der Waals surface area contributed by atoms with Crippen LogP contribution in [-0.4, -0.2) is 11.1 Å². The van der Waals surface area contributed by atoms with Gasteiger partial charge in [0.15, 0.2) is 0 Å². The highest BCUT2D eigenvalue weighted by Crippen LogP contribution is 2.39. The van der Waals surface area contributed by atoms with E-state index in [-0.39, 0.29) is 18.0 Å². The summed E-state index contributed by atoms with van der Waals surface area (Å²) in [5.74, 6) is -1.33. The van der Waals surface area contributed by atoms with Crippen LogP contribution in [0.1, 0.15) is 36.8 Å². The molecule has 0 aliphatic heterocycles. The van der Waals surface area contributed by atoms with Crippen LogP contribution in [-0.2, 0) is 11.8 Å². The summed E-state index contributed by atoms with van der Waals surface area (Å²) < 4.78 is 51.2. The first-order chi connectivity index (χ1) is 8.72. The first-order valence-electron chi connectivity index (χ1n) is 6.07. The van der Waals surface area contributed by atoms with Crippen molar-refractivity contribution in [3.8, 4) is 0 Å². The summed E-state index contributed by atoms with van der Waals surface area (Å²) in [6.07, 6.45) is -2.88. The quantitative estimate of drug-likeness (QED) is 0.775. The molecule has 2 unspecified atom stereocenters. The average molecular weight is 277 g/mol. The Hall–Kier alpha value is -1.14. The first-order valence-corrected chi connectivity index (χ1v) is 6.07. The molecule has 0 heterocycles. The van der Waals surface area contributed by atoms with Crippen LogP contribution in [0.4, 0.5) is 17.6 Å². The molecule has 0 aromatic heterocycles. The van der Waals surface area contributed by atoms with Crippen molar-refractivity contribution in [2.45, 2.75) is 43.5 Å². The van der Waals surface area contributed by atoms with Gasteiger partial charge in [-0.1, -0.05) is 6.07 Å². The van der Waals surface area contributed by atoms with E-state index in [1.807, 2.05) is 0 Å². The first kappa shape index (κ1) is 14.3. The average Bonchev–Trinajstić information content (AvgIpc) is 2.27. The summed E-state index contributed by atoms with van der Waals surface area (Å²) in [5.41, 5.74) is 3.08. The van der Waals surface area contributed by atoms with Gasteiger partial charge in [-0.25, -0.2) is 4.39 Å². The zero-order valence-electron chi connectivity index (χ0n) is 10.2. The van der Waals surface area contributed by atoms with Gasteiger partial charge >= 0.3 is 6.18 Å². The monoisotopic (exact) mass is 277 g/mol. The third-order valence-corrected chi connectivity index (χ3v) is 3.57. The Morgan fingerprint density at radius 1 is 1.32 bits per heavy atom. The molecular formula is C13H15F4NO. The minimum Gasteiger partial charge on any atom is -0.385 e. The molecule has 1 saturated carbocycles. The molecule has 1 aliphatic carbocycles. The molecule has 0 amide bonds. The maximum atomic E-state index is 13.2. The fourth-order valence-electron chi connectivity index (χ4n) is 2.59. The van der Waals surface area contributed by atoms with E-state index in [9.17, 15) is 22.7 Å². The van der Waals surface area contributed by atoms with Crippen LogP contribution in [0.3, 0.4) is 0 Å². The SMILES string of the molecule is NC1CCCC(O)(c2ccc(F)c(C(F)(F)F)c2)C1. The Bertz CT molecular complexity index is 474. The molecule has 19 heavy (non-hydrogen) atoms. The molecule has 3 N–H and O–H groups in total. The van der Waals surface area contributed by atoms with E-state index >= 15 is 0 Å². The standard InChI is InChI=1S/C13H15F4NO/c14-11-4-3-8(6-10(11)13(15,16)17)12(19)5-1-2-9(18)7-12/h3-4,6,9,19H,1-2,5,7,18H2. The lowest BCUT2D eigenvalue weighted by molar-refractivity contribution is -0.140. The van der Waals surface area contributed by atoms with Crippen molar-refractivity contribution in [2.75, 3.05) is 0 Å². The smallest absolute Gasteiger partial charge is 0.385 e. The molecule has 0 bridgehead atoms. The van der Waals surface area contributed by atoms with E-state index in [0.717, 1.165) is 12.5 Å². The summed E-state index contributed by atoms with van der Waals surface area (Å²) in [4.78, 5) is 0. The maximum Gasteiger partial charge on any atom is 0.419 e. The molecule has 2 nitrogen and oxygen atoms in total. The molecular weight excluding hydrogens is 262 g/mol. The predicted molar refractivity (Wildman–Crippen MR) is 61.7 cm³/mol. The number of halogens is 4. The topological polar surface area (TPSA) is 46.2 Å². The van der Waals surface area contributed by atoms with Crippen molar-refractivity contribution in [3.05, 3.63) is 35.1 Å². The highest BCUT2D eigenvalue weighted by molar-refractivity contribution is 5.31. The summed E-state index contributed by atoms with van der Waals surface area (Å²) in [6, 6.07) is 2.38. The van der Waals surface area contributed by atoms with E-state index in [0.29, 0.717) is 18.9 Å². The van der Waals surface area contributed by atoms with Crippen molar-refractivity contribution >= 4 is 0 Å². The van der Waals surface area contributed by atoms with Gasteiger partial charge in [0.25, 0.3) is 0 Å². The summed E-state index contributed by atoms with van der Waals surface area (Å²) >= 11 is 0. The molecule has 6 heteroatoms. The molecule has 1 fully saturated rings. The lowest BCUT2D eigenvalue weighted by Gasteiger charge is -2.36. The minimum absolute atomic E-state index is 0.0800. The normalized spacial score (nSPS) is 28.4.